The van der Waals surface area contributed by atoms with Gasteiger partial charge in [0.25, 0.3) is 0 Å². The van der Waals surface area contributed by atoms with E-state index < -0.39 is 0 Å². The number of anilines is 1. The van der Waals surface area contributed by atoms with Gasteiger partial charge in [-0.15, -0.1) is 0 Å². The third-order valence-corrected chi connectivity index (χ3v) is 3.47. The molecule has 0 unspecified atom stereocenters. The fourth-order valence-corrected chi connectivity index (χ4v) is 2.25. The number of hydrogen-bond acceptors (Lipinski definition) is 2. The van der Waals surface area contributed by atoms with Crippen LogP contribution in [0.25, 0.3) is 0 Å². The molecule has 1 N–H and O–H groups in total. The number of halogens is 1. The van der Waals surface area contributed by atoms with Gasteiger partial charge in [-0.25, -0.2) is 0 Å². The van der Waals surface area contributed by atoms with Crippen LogP contribution in [-0.4, -0.2) is 9.78 Å². The fraction of sp³-hybridized carbons (Fsp3) is 0.400. The van der Waals surface area contributed by atoms with Crippen LogP contribution >= 0.6 is 11.6 Å². The number of hydrogen-bond donors (Lipinski definition) is 1. The number of nitrogens with zero attached hydrogens (tertiary/aromatic N) is 2. The summed E-state index contributed by atoms with van der Waals surface area (Å²) in [5.41, 5.74) is 4.62. The van der Waals surface area contributed by atoms with E-state index in [-0.39, 0.29) is 0 Å². The first-order valence-electron chi connectivity index (χ1n) is 6.69. The highest BCUT2D eigenvalue weighted by atomic mass is 35.5. The van der Waals surface area contributed by atoms with E-state index in [0.717, 1.165) is 35.9 Å². The molecule has 0 bridgehead atoms. The monoisotopic (exact) mass is 277 g/mol. The van der Waals surface area contributed by atoms with E-state index in [4.69, 9.17) is 11.6 Å². The summed E-state index contributed by atoms with van der Waals surface area (Å²) in [7, 11) is 0. The van der Waals surface area contributed by atoms with E-state index in [0.29, 0.717) is 0 Å². The van der Waals surface area contributed by atoms with Crippen molar-refractivity contribution in [2.75, 3.05) is 5.32 Å². The second kappa shape index (κ2) is 6.11. The van der Waals surface area contributed by atoms with Crippen molar-refractivity contribution < 1.29 is 0 Å². The average Bonchev–Trinajstić information content (AvgIpc) is 2.82. The number of aromatic nitrogens is 2. The zero-order chi connectivity index (χ0) is 13.8. The molecule has 4 heteroatoms. The lowest BCUT2D eigenvalue weighted by molar-refractivity contribution is 0.619. The smallest absolute Gasteiger partial charge is 0.0625 e. The van der Waals surface area contributed by atoms with Crippen LogP contribution in [0.15, 0.2) is 24.3 Å². The highest BCUT2D eigenvalue weighted by Crippen LogP contribution is 2.21. The van der Waals surface area contributed by atoms with E-state index >= 15 is 0 Å². The molecule has 0 fully saturated rings. The Morgan fingerprint density at radius 1 is 1.26 bits per heavy atom. The summed E-state index contributed by atoms with van der Waals surface area (Å²) in [5.74, 6) is 0. The summed E-state index contributed by atoms with van der Waals surface area (Å²) in [6.45, 7) is 7.97. The van der Waals surface area contributed by atoms with E-state index in [9.17, 15) is 0 Å². The maximum absolute atomic E-state index is 6.03. The average molecular weight is 278 g/mol. The molecule has 0 saturated carbocycles. The van der Waals surface area contributed by atoms with Crippen molar-refractivity contribution in [1.82, 2.24) is 9.78 Å². The van der Waals surface area contributed by atoms with Gasteiger partial charge in [0.2, 0.25) is 0 Å². The Kier molecular flexibility index (Phi) is 4.48. The van der Waals surface area contributed by atoms with Crippen molar-refractivity contribution in [1.29, 1.82) is 0 Å². The molecular weight excluding hydrogens is 258 g/mol. The van der Waals surface area contributed by atoms with Crippen LogP contribution < -0.4 is 5.32 Å². The molecule has 0 saturated heterocycles. The van der Waals surface area contributed by atoms with Crippen molar-refractivity contribution >= 4 is 17.3 Å². The molecule has 1 aromatic carbocycles. The van der Waals surface area contributed by atoms with Crippen LogP contribution in [0.5, 0.6) is 0 Å². The predicted octanol–water partition coefficient (Wildman–Crippen LogP) is 4.04. The van der Waals surface area contributed by atoms with Crippen molar-refractivity contribution in [3.05, 3.63) is 46.2 Å². The summed E-state index contributed by atoms with van der Waals surface area (Å²) in [6, 6.07) is 8.06. The Morgan fingerprint density at radius 3 is 2.74 bits per heavy atom. The number of benzene rings is 1. The van der Waals surface area contributed by atoms with Crippen LogP contribution in [0.2, 0.25) is 5.02 Å². The summed E-state index contributed by atoms with van der Waals surface area (Å²) >= 11 is 6.03. The number of aryl methyl sites for hydroxylation is 3. The molecule has 0 radical (unpaired) electrons. The highest BCUT2D eigenvalue weighted by Gasteiger charge is 2.06. The normalized spacial score (nSPS) is 10.7. The van der Waals surface area contributed by atoms with Gasteiger partial charge in [-0.1, -0.05) is 24.6 Å². The van der Waals surface area contributed by atoms with Gasteiger partial charge in [0.15, 0.2) is 0 Å². The molecule has 19 heavy (non-hydrogen) atoms. The predicted molar refractivity (Wildman–Crippen MR) is 80.8 cm³/mol. The first-order chi connectivity index (χ1) is 9.13. The Hall–Kier alpha value is -1.48. The highest BCUT2D eigenvalue weighted by molar-refractivity contribution is 6.30. The van der Waals surface area contributed by atoms with Crippen molar-refractivity contribution in [3.8, 4) is 0 Å². The molecule has 102 valence electrons. The molecule has 2 rings (SSSR count). The summed E-state index contributed by atoms with van der Waals surface area (Å²) in [4.78, 5) is 0. The molecule has 3 nitrogen and oxygen atoms in total. The second-order valence-electron chi connectivity index (χ2n) is 4.61. The first-order valence-corrected chi connectivity index (χ1v) is 7.07. The third kappa shape index (κ3) is 3.29. The van der Waals surface area contributed by atoms with E-state index in [2.05, 4.69) is 37.3 Å². The quantitative estimate of drug-likeness (QED) is 0.894. The molecule has 0 aliphatic heterocycles. The van der Waals surface area contributed by atoms with Crippen LogP contribution in [0.4, 0.5) is 5.69 Å². The fourth-order valence-electron chi connectivity index (χ4n) is 2.07. The van der Waals surface area contributed by atoms with Crippen LogP contribution in [0.3, 0.4) is 0 Å². The van der Waals surface area contributed by atoms with Gasteiger partial charge in [-0.2, -0.15) is 5.10 Å². The van der Waals surface area contributed by atoms with E-state index in [1.807, 2.05) is 22.9 Å². The summed E-state index contributed by atoms with van der Waals surface area (Å²) < 4.78 is 2.05. The van der Waals surface area contributed by atoms with Crippen LogP contribution in [0.1, 0.15) is 30.8 Å². The Labute approximate surface area is 119 Å². The van der Waals surface area contributed by atoms with Gasteiger partial charge in [0.05, 0.1) is 17.9 Å². The van der Waals surface area contributed by atoms with Crippen LogP contribution in [-0.2, 0) is 19.5 Å². The van der Waals surface area contributed by atoms with Gasteiger partial charge in [0, 0.05) is 17.3 Å². The Morgan fingerprint density at radius 2 is 2.05 bits per heavy atom. The number of rotatable bonds is 5. The van der Waals surface area contributed by atoms with E-state index in [1.54, 1.807) is 0 Å². The molecular formula is C15H20ClN3. The van der Waals surface area contributed by atoms with E-state index in [1.165, 1.54) is 11.3 Å². The van der Waals surface area contributed by atoms with Crippen molar-refractivity contribution in [2.24, 2.45) is 0 Å². The molecule has 0 amide bonds. The SMILES string of the molecule is CCc1cc(CNc2cc(Cl)ccc2C)n(CC)n1. The lowest BCUT2D eigenvalue weighted by Crippen LogP contribution is -2.08. The van der Waals surface area contributed by atoms with Gasteiger partial charge >= 0.3 is 0 Å². The minimum absolute atomic E-state index is 0.756. The van der Waals surface area contributed by atoms with Crippen molar-refractivity contribution in [3.63, 3.8) is 0 Å². The Balaban J connectivity index is 2.13. The second-order valence-corrected chi connectivity index (χ2v) is 5.05. The number of nitrogens with one attached hydrogen (secondary N) is 1. The van der Waals surface area contributed by atoms with Crippen molar-refractivity contribution in [2.45, 2.75) is 40.3 Å². The largest absolute Gasteiger partial charge is 0.379 e. The first kappa shape index (κ1) is 13.9. The van der Waals surface area contributed by atoms with Gasteiger partial charge in [-0.3, -0.25) is 4.68 Å². The summed E-state index contributed by atoms with van der Waals surface area (Å²) in [6.07, 6.45) is 0.968. The van der Waals surface area contributed by atoms with Gasteiger partial charge in [0.1, 0.15) is 0 Å². The van der Waals surface area contributed by atoms with Gasteiger partial charge in [-0.05, 0) is 44.0 Å². The molecule has 0 aliphatic carbocycles. The molecule has 2 aromatic rings. The lowest BCUT2D eigenvalue weighted by Gasteiger charge is -2.10. The molecule has 0 atom stereocenters. The third-order valence-electron chi connectivity index (χ3n) is 3.24. The molecule has 1 aromatic heterocycles. The molecule has 0 spiro atoms. The minimum Gasteiger partial charge on any atom is -0.379 e. The van der Waals surface area contributed by atoms with Gasteiger partial charge < -0.3 is 5.32 Å². The maximum atomic E-state index is 6.03. The zero-order valence-corrected chi connectivity index (χ0v) is 12.5. The lowest BCUT2D eigenvalue weighted by atomic mass is 10.2. The summed E-state index contributed by atoms with van der Waals surface area (Å²) in [5, 5.41) is 8.74. The zero-order valence-electron chi connectivity index (χ0n) is 11.7. The molecule has 1 heterocycles. The standard InChI is InChI=1S/C15H20ClN3/c1-4-13-9-14(19(5-2)18-13)10-17-15-8-12(16)7-6-11(15)3/h6-9,17H,4-5,10H2,1-3H3. The molecule has 0 aliphatic rings. The van der Waals surface area contributed by atoms with Crippen LogP contribution in [0, 0.1) is 6.92 Å². The maximum Gasteiger partial charge on any atom is 0.0625 e. The Bertz CT molecular complexity index is 561. The topological polar surface area (TPSA) is 29.9 Å². The minimum atomic E-state index is 0.756.